The minimum absolute atomic E-state index is 0.289. The highest BCUT2D eigenvalue weighted by Crippen LogP contribution is 2.01. The fourth-order valence-corrected chi connectivity index (χ4v) is 0.764. The van der Waals surface area contributed by atoms with E-state index in [2.05, 4.69) is 5.92 Å². The Morgan fingerprint density at radius 2 is 2.31 bits per heavy atom. The van der Waals surface area contributed by atoms with E-state index >= 15 is 0 Å². The lowest BCUT2D eigenvalue weighted by Gasteiger charge is -2.05. The SMILES string of the molecule is C#CC(C)OC(=O)CCCCC#N. The third kappa shape index (κ3) is 6.90. The first-order valence-corrected chi connectivity index (χ1v) is 4.23. The lowest BCUT2D eigenvalue weighted by atomic mass is 10.2. The van der Waals surface area contributed by atoms with Gasteiger partial charge in [0, 0.05) is 12.8 Å². The third-order valence-corrected chi connectivity index (χ3v) is 1.46. The van der Waals surface area contributed by atoms with Crippen LogP contribution in [0, 0.1) is 23.7 Å². The second-order valence-electron chi connectivity index (χ2n) is 2.66. The van der Waals surface area contributed by atoms with Crippen LogP contribution in [0.15, 0.2) is 0 Å². The maximum absolute atomic E-state index is 11.0. The molecule has 1 unspecified atom stereocenters. The topological polar surface area (TPSA) is 50.1 Å². The lowest BCUT2D eigenvalue weighted by Crippen LogP contribution is -2.12. The molecule has 0 spiro atoms. The Morgan fingerprint density at radius 3 is 2.85 bits per heavy atom. The van der Waals surface area contributed by atoms with Gasteiger partial charge in [0.15, 0.2) is 6.10 Å². The molecular weight excluding hydrogens is 166 g/mol. The van der Waals surface area contributed by atoms with E-state index in [1.54, 1.807) is 6.92 Å². The maximum atomic E-state index is 11.0. The second-order valence-corrected chi connectivity index (χ2v) is 2.66. The summed E-state index contributed by atoms with van der Waals surface area (Å²) in [5.41, 5.74) is 0. The molecule has 0 saturated carbocycles. The average molecular weight is 179 g/mol. The lowest BCUT2D eigenvalue weighted by molar-refractivity contribution is -0.145. The number of unbranched alkanes of at least 4 members (excludes halogenated alkanes) is 2. The Balaban J connectivity index is 3.43. The molecule has 0 radical (unpaired) electrons. The molecule has 0 aromatic heterocycles. The zero-order valence-corrected chi connectivity index (χ0v) is 7.75. The van der Waals surface area contributed by atoms with Crippen molar-refractivity contribution >= 4 is 5.97 Å². The number of carbonyl (C=O) groups excluding carboxylic acids is 1. The highest BCUT2D eigenvalue weighted by molar-refractivity contribution is 5.69. The Hall–Kier alpha value is -1.48. The second kappa shape index (κ2) is 7.18. The van der Waals surface area contributed by atoms with E-state index in [9.17, 15) is 4.79 Å². The highest BCUT2D eigenvalue weighted by atomic mass is 16.5. The number of nitrogens with zero attached hydrogens (tertiary/aromatic N) is 1. The van der Waals surface area contributed by atoms with Crippen LogP contribution < -0.4 is 0 Å². The van der Waals surface area contributed by atoms with E-state index in [-0.39, 0.29) is 5.97 Å². The summed E-state index contributed by atoms with van der Waals surface area (Å²) < 4.78 is 4.82. The van der Waals surface area contributed by atoms with Gasteiger partial charge >= 0.3 is 5.97 Å². The number of hydrogen-bond donors (Lipinski definition) is 0. The summed E-state index contributed by atoms with van der Waals surface area (Å²) in [4.78, 5) is 11.0. The first kappa shape index (κ1) is 11.5. The zero-order chi connectivity index (χ0) is 10.1. The van der Waals surface area contributed by atoms with Crippen LogP contribution in [0.5, 0.6) is 0 Å². The van der Waals surface area contributed by atoms with E-state index in [0.717, 1.165) is 6.42 Å². The summed E-state index contributed by atoms with van der Waals surface area (Å²) in [6.45, 7) is 1.65. The van der Waals surface area contributed by atoms with Gasteiger partial charge in [-0.2, -0.15) is 5.26 Å². The van der Waals surface area contributed by atoms with Crippen molar-refractivity contribution in [2.45, 2.75) is 38.7 Å². The molecule has 13 heavy (non-hydrogen) atoms. The molecule has 0 aromatic rings. The molecule has 0 aliphatic rings. The van der Waals surface area contributed by atoms with Crippen LogP contribution in [0.2, 0.25) is 0 Å². The first-order chi connectivity index (χ1) is 6.20. The Morgan fingerprint density at radius 1 is 1.62 bits per heavy atom. The normalized spacial score (nSPS) is 11.0. The molecule has 0 amide bonds. The van der Waals surface area contributed by atoms with Gasteiger partial charge in [-0.15, -0.1) is 6.42 Å². The molecule has 0 N–H and O–H groups in total. The highest BCUT2D eigenvalue weighted by Gasteiger charge is 2.05. The van der Waals surface area contributed by atoms with Crippen molar-refractivity contribution in [2.24, 2.45) is 0 Å². The molecule has 0 rings (SSSR count). The van der Waals surface area contributed by atoms with Crippen LogP contribution >= 0.6 is 0 Å². The summed E-state index contributed by atoms with van der Waals surface area (Å²) >= 11 is 0. The van der Waals surface area contributed by atoms with Crippen molar-refractivity contribution in [2.75, 3.05) is 0 Å². The fraction of sp³-hybridized carbons (Fsp3) is 0.600. The molecule has 0 fully saturated rings. The van der Waals surface area contributed by atoms with Gasteiger partial charge in [-0.25, -0.2) is 0 Å². The number of esters is 1. The number of rotatable bonds is 5. The molecular formula is C10H13NO2. The molecule has 0 bridgehead atoms. The van der Waals surface area contributed by atoms with Crippen LogP contribution in [-0.4, -0.2) is 12.1 Å². The molecule has 1 atom stereocenters. The van der Waals surface area contributed by atoms with E-state index in [0.29, 0.717) is 19.3 Å². The van der Waals surface area contributed by atoms with Crippen LogP contribution in [0.4, 0.5) is 0 Å². The van der Waals surface area contributed by atoms with Gasteiger partial charge < -0.3 is 4.74 Å². The average Bonchev–Trinajstić information content (AvgIpc) is 2.12. The Kier molecular flexibility index (Phi) is 6.37. The molecule has 3 heteroatoms. The van der Waals surface area contributed by atoms with Crippen molar-refractivity contribution in [3.63, 3.8) is 0 Å². The van der Waals surface area contributed by atoms with Crippen LogP contribution in [0.1, 0.15) is 32.6 Å². The van der Waals surface area contributed by atoms with E-state index < -0.39 is 6.10 Å². The van der Waals surface area contributed by atoms with Crippen molar-refractivity contribution < 1.29 is 9.53 Å². The van der Waals surface area contributed by atoms with Crippen LogP contribution in [-0.2, 0) is 9.53 Å². The predicted octanol–water partition coefficient (Wildman–Crippen LogP) is 1.64. The minimum atomic E-state index is -0.455. The molecule has 70 valence electrons. The van der Waals surface area contributed by atoms with Crippen LogP contribution in [0.3, 0.4) is 0 Å². The van der Waals surface area contributed by atoms with Crippen molar-refractivity contribution in [1.82, 2.24) is 0 Å². The standard InChI is InChI=1S/C10H13NO2/c1-3-9(2)13-10(12)7-5-4-6-8-11/h1,9H,4-7H2,2H3. The van der Waals surface area contributed by atoms with Gasteiger partial charge in [-0.1, -0.05) is 5.92 Å². The van der Waals surface area contributed by atoms with Gasteiger partial charge in [0.25, 0.3) is 0 Å². The van der Waals surface area contributed by atoms with Gasteiger partial charge in [-0.3, -0.25) is 4.79 Å². The molecule has 0 aliphatic heterocycles. The van der Waals surface area contributed by atoms with Gasteiger partial charge in [0.1, 0.15) is 0 Å². The van der Waals surface area contributed by atoms with E-state index in [1.165, 1.54) is 0 Å². The summed E-state index contributed by atoms with van der Waals surface area (Å²) in [6, 6.07) is 2.01. The monoisotopic (exact) mass is 179 g/mol. The largest absolute Gasteiger partial charge is 0.449 e. The van der Waals surface area contributed by atoms with Crippen molar-refractivity contribution in [3.05, 3.63) is 0 Å². The number of ether oxygens (including phenoxy) is 1. The third-order valence-electron chi connectivity index (χ3n) is 1.46. The minimum Gasteiger partial charge on any atom is -0.449 e. The van der Waals surface area contributed by atoms with E-state index in [1.807, 2.05) is 6.07 Å². The first-order valence-electron chi connectivity index (χ1n) is 4.23. The molecule has 0 aromatic carbocycles. The molecule has 0 heterocycles. The fourth-order valence-electron chi connectivity index (χ4n) is 0.764. The number of carbonyl (C=O) groups is 1. The van der Waals surface area contributed by atoms with E-state index in [4.69, 9.17) is 16.4 Å². The number of hydrogen-bond acceptors (Lipinski definition) is 3. The summed E-state index contributed by atoms with van der Waals surface area (Å²) in [6.07, 6.45) is 6.81. The van der Waals surface area contributed by atoms with Crippen molar-refractivity contribution in [1.29, 1.82) is 5.26 Å². The van der Waals surface area contributed by atoms with Crippen LogP contribution in [0.25, 0.3) is 0 Å². The Labute approximate surface area is 78.7 Å². The summed E-state index contributed by atoms with van der Waals surface area (Å²) in [5.74, 6) is 2.01. The Bertz CT molecular complexity index is 234. The number of terminal acetylenes is 1. The smallest absolute Gasteiger partial charge is 0.307 e. The number of nitriles is 1. The summed E-state index contributed by atoms with van der Waals surface area (Å²) in [5, 5.41) is 8.22. The van der Waals surface area contributed by atoms with Gasteiger partial charge in [-0.05, 0) is 19.8 Å². The molecule has 3 nitrogen and oxygen atoms in total. The maximum Gasteiger partial charge on any atom is 0.307 e. The quantitative estimate of drug-likeness (QED) is 0.366. The van der Waals surface area contributed by atoms with Gasteiger partial charge in [0.2, 0.25) is 0 Å². The predicted molar refractivity (Wildman–Crippen MR) is 48.5 cm³/mol. The molecule has 0 saturated heterocycles. The molecule has 0 aliphatic carbocycles. The van der Waals surface area contributed by atoms with Gasteiger partial charge in [0.05, 0.1) is 6.07 Å². The van der Waals surface area contributed by atoms with Crippen molar-refractivity contribution in [3.8, 4) is 18.4 Å². The summed E-state index contributed by atoms with van der Waals surface area (Å²) in [7, 11) is 0. The zero-order valence-electron chi connectivity index (χ0n) is 7.75.